The van der Waals surface area contributed by atoms with Crippen molar-refractivity contribution < 1.29 is 28.9 Å². The van der Waals surface area contributed by atoms with Gasteiger partial charge < -0.3 is 19.3 Å². The van der Waals surface area contributed by atoms with E-state index >= 15 is 0 Å². The Hall–Kier alpha value is -1.14. The largest absolute Gasteiger partial charge is 0.479 e. The summed E-state index contributed by atoms with van der Waals surface area (Å²) in [4.78, 5) is 20.4. The summed E-state index contributed by atoms with van der Waals surface area (Å²) < 4.78 is 14.0. The fourth-order valence-corrected chi connectivity index (χ4v) is 0.725. The van der Waals surface area contributed by atoms with E-state index in [2.05, 4.69) is 4.74 Å². The summed E-state index contributed by atoms with van der Waals surface area (Å²) in [5.41, 5.74) is 0. The molecule has 108 valence electrons. The molecule has 0 radical (unpaired) electrons. The van der Waals surface area contributed by atoms with Gasteiger partial charge in [-0.05, 0) is 19.8 Å². The van der Waals surface area contributed by atoms with Crippen molar-refractivity contribution in [2.24, 2.45) is 0 Å². The summed E-state index contributed by atoms with van der Waals surface area (Å²) in [5.74, 6) is -1.22. The molecule has 0 spiro atoms. The number of hydrogen-bond acceptors (Lipinski definition) is 5. The van der Waals surface area contributed by atoms with Crippen LogP contribution >= 0.6 is 0 Å². The monoisotopic (exact) mass is 264 g/mol. The maximum Gasteiger partial charge on any atom is 0.332 e. The number of ether oxygens (including phenoxy) is 3. The predicted molar refractivity (Wildman–Crippen MR) is 66.5 cm³/mol. The third-order valence-corrected chi connectivity index (χ3v) is 1.72. The molecule has 0 saturated carbocycles. The molecule has 18 heavy (non-hydrogen) atoms. The normalized spacial score (nSPS) is 11.1. The minimum Gasteiger partial charge on any atom is -0.479 e. The number of esters is 1. The van der Waals surface area contributed by atoms with E-state index in [0.29, 0.717) is 13.2 Å². The van der Waals surface area contributed by atoms with Crippen molar-refractivity contribution in [2.75, 3.05) is 26.9 Å². The van der Waals surface area contributed by atoms with Crippen LogP contribution in [0.3, 0.4) is 0 Å². The first-order chi connectivity index (χ1) is 8.49. The Morgan fingerprint density at radius 2 is 1.72 bits per heavy atom. The molecule has 0 aliphatic rings. The summed E-state index contributed by atoms with van der Waals surface area (Å²) in [7, 11) is 1.34. The number of carboxylic acids is 1. The highest BCUT2D eigenvalue weighted by Crippen LogP contribution is 1.90. The number of carboxylic acid groups (broad SMARTS) is 1. The minimum absolute atomic E-state index is 0.0737. The van der Waals surface area contributed by atoms with Crippen molar-refractivity contribution in [1.82, 2.24) is 0 Å². The van der Waals surface area contributed by atoms with Gasteiger partial charge in [-0.1, -0.05) is 13.8 Å². The van der Waals surface area contributed by atoms with E-state index in [0.717, 1.165) is 12.8 Å². The molecule has 0 heterocycles. The van der Waals surface area contributed by atoms with Crippen molar-refractivity contribution in [3.05, 3.63) is 0 Å². The van der Waals surface area contributed by atoms with Gasteiger partial charge in [-0.3, -0.25) is 0 Å². The lowest BCUT2D eigenvalue weighted by atomic mass is 10.4. The van der Waals surface area contributed by atoms with Crippen LogP contribution in [0, 0.1) is 0 Å². The van der Waals surface area contributed by atoms with Gasteiger partial charge in [-0.2, -0.15) is 0 Å². The number of rotatable bonds is 8. The Balaban J connectivity index is 0. The van der Waals surface area contributed by atoms with E-state index < -0.39 is 12.1 Å². The Morgan fingerprint density at radius 3 is 2.11 bits per heavy atom. The van der Waals surface area contributed by atoms with Crippen LogP contribution in [0.15, 0.2) is 0 Å². The van der Waals surface area contributed by atoms with Crippen LogP contribution in [-0.4, -0.2) is 50.1 Å². The second-order valence-electron chi connectivity index (χ2n) is 3.48. The van der Waals surface area contributed by atoms with Gasteiger partial charge in [-0.25, -0.2) is 9.59 Å². The molecule has 0 saturated heterocycles. The fourth-order valence-electron chi connectivity index (χ4n) is 0.725. The highest BCUT2D eigenvalue weighted by atomic mass is 16.6. The lowest BCUT2D eigenvalue weighted by Gasteiger charge is -2.05. The Labute approximate surface area is 108 Å². The molecule has 0 bridgehead atoms. The van der Waals surface area contributed by atoms with Crippen molar-refractivity contribution in [3.8, 4) is 0 Å². The SMILES string of the molecule is CCCOC(C)C(=O)O.CCCOCC(=O)OC. The summed E-state index contributed by atoms with van der Waals surface area (Å²) >= 11 is 0. The van der Waals surface area contributed by atoms with Gasteiger partial charge in [0.1, 0.15) is 6.61 Å². The molecule has 1 N–H and O–H groups in total. The van der Waals surface area contributed by atoms with E-state index in [1.165, 1.54) is 14.0 Å². The van der Waals surface area contributed by atoms with Gasteiger partial charge in [0, 0.05) is 13.2 Å². The number of methoxy groups -OCH3 is 1. The maximum atomic E-state index is 10.3. The second-order valence-corrected chi connectivity index (χ2v) is 3.48. The minimum atomic E-state index is -0.900. The second kappa shape index (κ2) is 13.9. The molecule has 0 aliphatic carbocycles. The lowest BCUT2D eigenvalue weighted by molar-refractivity contribution is -0.149. The number of aliphatic carboxylic acids is 1. The van der Waals surface area contributed by atoms with Gasteiger partial charge in [-0.15, -0.1) is 0 Å². The highest BCUT2D eigenvalue weighted by molar-refractivity contribution is 5.71. The quantitative estimate of drug-likeness (QED) is 0.528. The van der Waals surface area contributed by atoms with Gasteiger partial charge in [0.15, 0.2) is 6.10 Å². The van der Waals surface area contributed by atoms with Crippen LogP contribution in [0.4, 0.5) is 0 Å². The molecular formula is C12H24O6. The van der Waals surface area contributed by atoms with Crippen LogP contribution in [0.5, 0.6) is 0 Å². The van der Waals surface area contributed by atoms with Gasteiger partial charge in [0.05, 0.1) is 7.11 Å². The Bertz CT molecular complexity index is 215. The van der Waals surface area contributed by atoms with Gasteiger partial charge in [0.2, 0.25) is 0 Å². The molecule has 0 aromatic carbocycles. The van der Waals surface area contributed by atoms with Crippen molar-refractivity contribution >= 4 is 11.9 Å². The molecule has 0 aromatic rings. The fraction of sp³-hybridized carbons (Fsp3) is 0.833. The van der Waals surface area contributed by atoms with Crippen molar-refractivity contribution in [3.63, 3.8) is 0 Å². The van der Waals surface area contributed by atoms with E-state index in [9.17, 15) is 9.59 Å². The first-order valence-corrected chi connectivity index (χ1v) is 5.98. The Kier molecular flexibility index (Phi) is 14.9. The van der Waals surface area contributed by atoms with Gasteiger partial charge >= 0.3 is 11.9 Å². The standard InChI is InChI=1S/2C6H12O3/c1-3-4-9-5-6(7)8-2;1-3-4-9-5(2)6(7)8/h3-5H2,1-2H3;5H,3-4H2,1-2H3,(H,7,8). The summed E-state index contributed by atoms with van der Waals surface area (Å²) in [6.07, 6.45) is 1.12. The molecule has 1 atom stereocenters. The highest BCUT2D eigenvalue weighted by Gasteiger charge is 2.08. The zero-order valence-electron chi connectivity index (χ0n) is 11.6. The average Bonchev–Trinajstić information content (AvgIpc) is 2.36. The molecule has 0 amide bonds. The van der Waals surface area contributed by atoms with Crippen LogP contribution in [-0.2, 0) is 23.8 Å². The molecule has 0 aromatic heterocycles. The molecule has 1 unspecified atom stereocenters. The van der Waals surface area contributed by atoms with Crippen LogP contribution < -0.4 is 0 Å². The molecular weight excluding hydrogens is 240 g/mol. The average molecular weight is 264 g/mol. The molecule has 6 nitrogen and oxygen atoms in total. The summed E-state index contributed by atoms with van der Waals surface area (Å²) in [5, 5.41) is 8.28. The Morgan fingerprint density at radius 1 is 1.17 bits per heavy atom. The summed E-state index contributed by atoms with van der Waals surface area (Å²) in [6, 6.07) is 0. The third kappa shape index (κ3) is 14.9. The number of hydrogen-bond donors (Lipinski definition) is 1. The number of carbonyl (C=O) groups excluding carboxylic acids is 1. The zero-order valence-corrected chi connectivity index (χ0v) is 11.6. The topological polar surface area (TPSA) is 82.1 Å². The molecule has 0 fully saturated rings. The summed E-state index contributed by atoms with van der Waals surface area (Å²) in [6.45, 7) is 6.66. The van der Waals surface area contributed by atoms with Crippen molar-refractivity contribution in [2.45, 2.75) is 39.7 Å². The van der Waals surface area contributed by atoms with E-state index in [4.69, 9.17) is 14.6 Å². The van der Waals surface area contributed by atoms with Crippen molar-refractivity contribution in [1.29, 1.82) is 0 Å². The van der Waals surface area contributed by atoms with E-state index in [1.807, 2.05) is 13.8 Å². The predicted octanol–water partition coefficient (Wildman–Crippen LogP) is 1.47. The molecule has 0 rings (SSSR count). The smallest absolute Gasteiger partial charge is 0.332 e. The lowest BCUT2D eigenvalue weighted by Crippen LogP contribution is -2.19. The van der Waals surface area contributed by atoms with Crippen LogP contribution in [0.25, 0.3) is 0 Å². The first kappa shape index (κ1) is 19.2. The number of carbonyl (C=O) groups is 2. The zero-order chi connectivity index (χ0) is 14.4. The molecule has 0 aliphatic heterocycles. The van der Waals surface area contributed by atoms with Crippen LogP contribution in [0.2, 0.25) is 0 Å². The van der Waals surface area contributed by atoms with Crippen LogP contribution in [0.1, 0.15) is 33.6 Å². The van der Waals surface area contributed by atoms with E-state index in [1.54, 1.807) is 0 Å². The van der Waals surface area contributed by atoms with E-state index in [-0.39, 0.29) is 12.6 Å². The maximum absolute atomic E-state index is 10.3. The molecule has 6 heteroatoms. The third-order valence-electron chi connectivity index (χ3n) is 1.72. The first-order valence-electron chi connectivity index (χ1n) is 5.98. The van der Waals surface area contributed by atoms with Gasteiger partial charge in [0.25, 0.3) is 0 Å².